The number of amides is 1. The summed E-state index contributed by atoms with van der Waals surface area (Å²) in [6.45, 7) is 3.73. The maximum atomic E-state index is 10.7. The zero-order chi connectivity index (χ0) is 9.68. The van der Waals surface area contributed by atoms with Crippen molar-refractivity contribution in [3.8, 4) is 0 Å². The van der Waals surface area contributed by atoms with Crippen LogP contribution in [-0.4, -0.2) is 31.1 Å². The van der Waals surface area contributed by atoms with Crippen LogP contribution in [0.2, 0.25) is 0 Å². The maximum Gasteiger partial charge on any atom is 0.234 e. The van der Waals surface area contributed by atoms with E-state index in [-0.39, 0.29) is 11.9 Å². The van der Waals surface area contributed by atoms with Gasteiger partial charge in [-0.05, 0) is 26.3 Å². The summed E-state index contributed by atoms with van der Waals surface area (Å²) in [5.41, 5.74) is 5.13. The lowest BCUT2D eigenvalue weighted by molar-refractivity contribution is -0.119. The molecule has 13 heavy (non-hydrogen) atoms. The summed E-state index contributed by atoms with van der Waals surface area (Å²) in [6.07, 6.45) is 3.74. The minimum atomic E-state index is -0.282. The van der Waals surface area contributed by atoms with E-state index in [1.165, 1.54) is 19.3 Å². The summed E-state index contributed by atoms with van der Waals surface area (Å²) >= 11 is 0. The highest BCUT2D eigenvalue weighted by atomic mass is 16.1. The molecule has 1 amide bonds. The van der Waals surface area contributed by atoms with Gasteiger partial charge >= 0.3 is 0 Å². The number of nitrogens with one attached hydrogen (secondary N) is 2. The smallest absolute Gasteiger partial charge is 0.234 e. The van der Waals surface area contributed by atoms with Crippen LogP contribution in [0.25, 0.3) is 0 Å². The van der Waals surface area contributed by atoms with Gasteiger partial charge in [-0.2, -0.15) is 0 Å². The lowest BCUT2D eigenvalue weighted by Gasteiger charge is -2.24. The number of primary amides is 1. The van der Waals surface area contributed by atoms with Crippen molar-refractivity contribution in [1.29, 1.82) is 0 Å². The van der Waals surface area contributed by atoms with Crippen LogP contribution in [0.15, 0.2) is 0 Å². The van der Waals surface area contributed by atoms with E-state index in [0.717, 1.165) is 13.1 Å². The second-order valence-corrected chi connectivity index (χ2v) is 3.68. The van der Waals surface area contributed by atoms with Crippen LogP contribution < -0.4 is 16.4 Å². The van der Waals surface area contributed by atoms with Crippen LogP contribution in [0, 0.1) is 0 Å². The Balaban J connectivity index is 2.13. The van der Waals surface area contributed by atoms with Crippen molar-refractivity contribution >= 4 is 5.91 Å². The molecule has 76 valence electrons. The molecule has 0 aromatic rings. The number of hydrogen-bond donors (Lipinski definition) is 3. The first kappa shape index (κ1) is 10.5. The molecular weight excluding hydrogens is 166 g/mol. The molecule has 4 heteroatoms. The van der Waals surface area contributed by atoms with E-state index in [1.807, 2.05) is 0 Å². The van der Waals surface area contributed by atoms with Crippen LogP contribution in [0.1, 0.15) is 26.2 Å². The molecule has 0 aromatic heterocycles. The fourth-order valence-electron chi connectivity index (χ4n) is 1.52. The monoisotopic (exact) mass is 185 g/mol. The topological polar surface area (TPSA) is 67.2 Å². The Hall–Kier alpha value is -0.610. The van der Waals surface area contributed by atoms with E-state index in [0.29, 0.717) is 6.04 Å². The number of rotatable bonds is 4. The minimum absolute atomic E-state index is 0.219. The second kappa shape index (κ2) is 5.19. The van der Waals surface area contributed by atoms with Crippen LogP contribution in [0.5, 0.6) is 0 Å². The molecule has 2 unspecified atom stereocenters. The van der Waals surface area contributed by atoms with Crippen LogP contribution in [0.3, 0.4) is 0 Å². The summed E-state index contributed by atoms with van der Waals surface area (Å²) in [5, 5.41) is 6.51. The Morgan fingerprint density at radius 3 is 3.00 bits per heavy atom. The maximum absolute atomic E-state index is 10.7. The van der Waals surface area contributed by atoms with Gasteiger partial charge < -0.3 is 16.4 Å². The molecule has 0 saturated carbocycles. The highest BCUT2D eigenvalue weighted by Crippen LogP contribution is 2.05. The number of carbonyl (C=O) groups is 1. The van der Waals surface area contributed by atoms with Gasteiger partial charge in [0.05, 0.1) is 6.04 Å². The average molecular weight is 185 g/mol. The van der Waals surface area contributed by atoms with E-state index in [4.69, 9.17) is 5.73 Å². The summed E-state index contributed by atoms with van der Waals surface area (Å²) in [5.74, 6) is -0.282. The number of nitrogens with two attached hydrogens (primary N) is 1. The second-order valence-electron chi connectivity index (χ2n) is 3.68. The van der Waals surface area contributed by atoms with Crippen molar-refractivity contribution in [3.05, 3.63) is 0 Å². The third kappa shape index (κ3) is 3.74. The summed E-state index contributed by atoms with van der Waals surface area (Å²) in [4.78, 5) is 10.7. The van der Waals surface area contributed by atoms with Gasteiger partial charge in [-0.1, -0.05) is 6.42 Å². The first-order valence-electron chi connectivity index (χ1n) is 4.96. The predicted octanol–water partition coefficient (Wildman–Crippen LogP) is -0.408. The van der Waals surface area contributed by atoms with E-state index >= 15 is 0 Å². The van der Waals surface area contributed by atoms with Crippen molar-refractivity contribution in [3.63, 3.8) is 0 Å². The molecular formula is C9H19N3O. The van der Waals surface area contributed by atoms with Gasteiger partial charge in [-0.15, -0.1) is 0 Å². The van der Waals surface area contributed by atoms with E-state index in [2.05, 4.69) is 10.6 Å². The first-order valence-corrected chi connectivity index (χ1v) is 4.96. The third-order valence-corrected chi connectivity index (χ3v) is 2.51. The van der Waals surface area contributed by atoms with Crippen molar-refractivity contribution in [2.75, 3.05) is 13.1 Å². The van der Waals surface area contributed by atoms with Crippen LogP contribution >= 0.6 is 0 Å². The molecule has 0 bridgehead atoms. The zero-order valence-electron chi connectivity index (χ0n) is 8.18. The Kier molecular flexibility index (Phi) is 4.18. The Bertz CT molecular complexity index is 166. The first-order chi connectivity index (χ1) is 6.20. The molecule has 0 radical (unpaired) electrons. The molecule has 1 rings (SSSR count). The normalized spacial score (nSPS) is 25.5. The molecule has 0 spiro atoms. The third-order valence-electron chi connectivity index (χ3n) is 2.51. The van der Waals surface area contributed by atoms with Crippen molar-refractivity contribution in [1.82, 2.24) is 10.6 Å². The fraction of sp³-hybridized carbons (Fsp3) is 0.889. The summed E-state index contributed by atoms with van der Waals surface area (Å²) in [7, 11) is 0. The molecule has 1 aliphatic heterocycles. The van der Waals surface area contributed by atoms with Gasteiger partial charge in [-0.25, -0.2) is 0 Å². The van der Waals surface area contributed by atoms with E-state index in [1.54, 1.807) is 6.92 Å². The van der Waals surface area contributed by atoms with Gasteiger partial charge in [0.25, 0.3) is 0 Å². The molecule has 4 N–H and O–H groups in total. The quantitative estimate of drug-likeness (QED) is 0.558. The predicted molar refractivity (Wildman–Crippen MR) is 52.3 cm³/mol. The molecule has 1 heterocycles. The van der Waals surface area contributed by atoms with Crippen molar-refractivity contribution < 1.29 is 4.79 Å². The summed E-state index contributed by atoms with van der Waals surface area (Å²) < 4.78 is 0. The highest BCUT2D eigenvalue weighted by molar-refractivity contribution is 5.79. The molecule has 1 fully saturated rings. The van der Waals surface area contributed by atoms with Crippen molar-refractivity contribution in [2.24, 2.45) is 5.73 Å². The SMILES string of the molecule is CC(NCC1CCCCN1)C(N)=O. The average Bonchev–Trinajstić information content (AvgIpc) is 2.15. The Morgan fingerprint density at radius 2 is 2.46 bits per heavy atom. The minimum Gasteiger partial charge on any atom is -0.368 e. The largest absolute Gasteiger partial charge is 0.368 e. The summed E-state index contributed by atoms with van der Waals surface area (Å²) in [6, 6.07) is 0.291. The lowest BCUT2D eigenvalue weighted by Crippen LogP contribution is -2.47. The molecule has 2 atom stereocenters. The number of hydrogen-bond acceptors (Lipinski definition) is 3. The lowest BCUT2D eigenvalue weighted by atomic mass is 10.0. The van der Waals surface area contributed by atoms with Gasteiger partial charge in [0.1, 0.15) is 0 Å². The molecule has 0 aromatic carbocycles. The van der Waals surface area contributed by atoms with Crippen LogP contribution in [0.4, 0.5) is 0 Å². The number of carbonyl (C=O) groups excluding carboxylic acids is 1. The Morgan fingerprint density at radius 1 is 1.69 bits per heavy atom. The van der Waals surface area contributed by atoms with Gasteiger partial charge in [0.2, 0.25) is 5.91 Å². The Labute approximate surface area is 79.3 Å². The number of piperidine rings is 1. The van der Waals surface area contributed by atoms with Crippen molar-refractivity contribution in [2.45, 2.75) is 38.3 Å². The van der Waals surface area contributed by atoms with Crippen LogP contribution in [-0.2, 0) is 4.79 Å². The molecule has 4 nitrogen and oxygen atoms in total. The zero-order valence-corrected chi connectivity index (χ0v) is 8.18. The highest BCUT2D eigenvalue weighted by Gasteiger charge is 2.14. The van der Waals surface area contributed by atoms with E-state index in [9.17, 15) is 4.79 Å². The van der Waals surface area contributed by atoms with Gasteiger partial charge in [0.15, 0.2) is 0 Å². The fourth-order valence-corrected chi connectivity index (χ4v) is 1.52. The molecule has 0 aliphatic carbocycles. The van der Waals surface area contributed by atoms with Gasteiger partial charge in [0, 0.05) is 12.6 Å². The van der Waals surface area contributed by atoms with Gasteiger partial charge in [-0.3, -0.25) is 4.79 Å². The molecule has 1 saturated heterocycles. The molecule has 1 aliphatic rings. The van der Waals surface area contributed by atoms with E-state index < -0.39 is 0 Å². The standard InChI is InChI=1S/C9H19N3O/c1-7(9(10)13)12-6-8-4-2-3-5-11-8/h7-8,11-12H,2-6H2,1H3,(H2,10,13).